The molecule has 0 bridgehead atoms. The molecule has 2 rings (SSSR count). The molecule has 0 aliphatic carbocycles. The molecule has 1 aromatic rings. The minimum atomic E-state index is -0.0580. The average molecular weight is 285 g/mol. The molecule has 3 atom stereocenters. The Morgan fingerprint density at radius 2 is 1.89 bits per heavy atom. The molecule has 106 valence electrons. The molecule has 1 aromatic carbocycles. The van der Waals surface area contributed by atoms with Crippen LogP contribution in [0.25, 0.3) is 0 Å². The molecule has 0 spiro atoms. The predicted molar refractivity (Wildman–Crippen MR) is 76.4 cm³/mol. The number of hydrogen-bond donors (Lipinski definition) is 0. The van der Waals surface area contributed by atoms with Crippen molar-refractivity contribution >= 4 is 11.6 Å². The number of aryl methyl sites for hydroxylation is 1. The molecule has 19 heavy (non-hydrogen) atoms. The second kappa shape index (κ2) is 6.02. The third kappa shape index (κ3) is 2.82. The van der Waals surface area contributed by atoms with Crippen molar-refractivity contribution < 1.29 is 14.2 Å². The van der Waals surface area contributed by atoms with Crippen LogP contribution in [-0.4, -0.2) is 26.9 Å². The van der Waals surface area contributed by atoms with Crippen LogP contribution in [0, 0.1) is 12.8 Å². The van der Waals surface area contributed by atoms with Gasteiger partial charge in [-0.3, -0.25) is 0 Å². The lowest BCUT2D eigenvalue weighted by Crippen LogP contribution is -2.17. The zero-order valence-corrected chi connectivity index (χ0v) is 12.7. The van der Waals surface area contributed by atoms with Gasteiger partial charge in [0.1, 0.15) is 0 Å². The van der Waals surface area contributed by atoms with E-state index in [1.54, 1.807) is 14.2 Å². The predicted octanol–water partition coefficient (Wildman–Crippen LogP) is 3.72. The summed E-state index contributed by atoms with van der Waals surface area (Å²) in [6, 6.07) is 3.96. The van der Waals surface area contributed by atoms with E-state index in [0.717, 1.165) is 35.7 Å². The quantitative estimate of drug-likeness (QED) is 0.789. The van der Waals surface area contributed by atoms with E-state index in [9.17, 15) is 0 Å². The Morgan fingerprint density at radius 3 is 2.42 bits per heavy atom. The fourth-order valence-electron chi connectivity index (χ4n) is 2.66. The van der Waals surface area contributed by atoms with E-state index < -0.39 is 0 Å². The van der Waals surface area contributed by atoms with Gasteiger partial charge in [-0.05, 0) is 43.5 Å². The molecule has 3 nitrogen and oxygen atoms in total. The van der Waals surface area contributed by atoms with Gasteiger partial charge in [0.15, 0.2) is 11.5 Å². The Labute approximate surface area is 119 Å². The number of alkyl halides is 1. The van der Waals surface area contributed by atoms with Gasteiger partial charge in [0.25, 0.3) is 0 Å². The van der Waals surface area contributed by atoms with Gasteiger partial charge >= 0.3 is 0 Å². The summed E-state index contributed by atoms with van der Waals surface area (Å²) in [4.78, 5) is 0. The maximum Gasteiger partial charge on any atom is 0.161 e. The molecule has 0 aromatic heterocycles. The van der Waals surface area contributed by atoms with E-state index in [1.807, 2.05) is 19.1 Å². The van der Waals surface area contributed by atoms with Crippen LogP contribution in [0.1, 0.15) is 29.8 Å². The summed E-state index contributed by atoms with van der Waals surface area (Å²) in [6.45, 7) is 4.93. The summed E-state index contributed by atoms with van der Waals surface area (Å²) >= 11 is 6.66. The van der Waals surface area contributed by atoms with Crippen molar-refractivity contribution in [1.29, 1.82) is 0 Å². The number of benzene rings is 1. The second-order valence-electron chi connectivity index (χ2n) is 4.99. The molecule has 1 fully saturated rings. The highest BCUT2D eigenvalue weighted by atomic mass is 35.5. The third-order valence-electron chi connectivity index (χ3n) is 3.88. The molecule has 1 heterocycles. The van der Waals surface area contributed by atoms with Crippen molar-refractivity contribution in [3.05, 3.63) is 23.3 Å². The first-order valence-corrected chi connectivity index (χ1v) is 7.00. The van der Waals surface area contributed by atoms with Gasteiger partial charge in [-0.2, -0.15) is 0 Å². The molecule has 0 N–H and O–H groups in total. The van der Waals surface area contributed by atoms with E-state index in [-0.39, 0.29) is 11.5 Å². The van der Waals surface area contributed by atoms with Crippen LogP contribution >= 0.6 is 11.6 Å². The van der Waals surface area contributed by atoms with Gasteiger partial charge in [-0.25, -0.2) is 0 Å². The maximum atomic E-state index is 6.66. The Balaban J connectivity index is 2.33. The van der Waals surface area contributed by atoms with Crippen molar-refractivity contribution in [3.8, 4) is 11.5 Å². The van der Waals surface area contributed by atoms with Crippen LogP contribution in [0.3, 0.4) is 0 Å². The highest BCUT2D eigenvalue weighted by Gasteiger charge is 2.32. The SMILES string of the molecule is COc1cc(C)c(C(Cl)C2CCOC2C)cc1OC. The van der Waals surface area contributed by atoms with Crippen molar-refractivity contribution in [3.63, 3.8) is 0 Å². The van der Waals surface area contributed by atoms with Crippen LogP contribution < -0.4 is 9.47 Å². The van der Waals surface area contributed by atoms with Crippen LogP contribution in [0.15, 0.2) is 12.1 Å². The lowest BCUT2D eigenvalue weighted by atomic mass is 9.91. The Kier molecular flexibility index (Phi) is 4.58. The van der Waals surface area contributed by atoms with E-state index in [1.165, 1.54) is 0 Å². The number of methoxy groups -OCH3 is 2. The van der Waals surface area contributed by atoms with Gasteiger partial charge < -0.3 is 14.2 Å². The molecule has 0 saturated carbocycles. The summed E-state index contributed by atoms with van der Waals surface area (Å²) in [5.74, 6) is 1.81. The van der Waals surface area contributed by atoms with Crippen LogP contribution in [0.5, 0.6) is 11.5 Å². The minimum Gasteiger partial charge on any atom is -0.493 e. The smallest absolute Gasteiger partial charge is 0.161 e. The molecule has 0 radical (unpaired) electrons. The number of halogens is 1. The Morgan fingerprint density at radius 1 is 1.26 bits per heavy atom. The average Bonchev–Trinajstić information content (AvgIpc) is 2.83. The molecule has 1 saturated heterocycles. The van der Waals surface area contributed by atoms with Gasteiger partial charge in [0, 0.05) is 12.5 Å². The van der Waals surface area contributed by atoms with Gasteiger partial charge in [-0.1, -0.05) is 0 Å². The first-order valence-electron chi connectivity index (χ1n) is 6.56. The van der Waals surface area contributed by atoms with Crippen molar-refractivity contribution in [1.82, 2.24) is 0 Å². The van der Waals surface area contributed by atoms with Crippen molar-refractivity contribution in [2.75, 3.05) is 20.8 Å². The first kappa shape index (κ1) is 14.5. The zero-order chi connectivity index (χ0) is 14.0. The summed E-state index contributed by atoms with van der Waals surface area (Å²) in [5.41, 5.74) is 2.22. The minimum absolute atomic E-state index is 0.0580. The highest BCUT2D eigenvalue weighted by molar-refractivity contribution is 6.21. The van der Waals surface area contributed by atoms with E-state index in [4.69, 9.17) is 25.8 Å². The summed E-state index contributed by atoms with van der Waals surface area (Å²) < 4.78 is 16.3. The van der Waals surface area contributed by atoms with Crippen LogP contribution in [0.4, 0.5) is 0 Å². The fourth-order valence-corrected chi connectivity index (χ4v) is 3.22. The number of rotatable bonds is 4. The zero-order valence-electron chi connectivity index (χ0n) is 11.9. The molecule has 1 aliphatic heterocycles. The topological polar surface area (TPSA) is 27.7 Å². The number of ether oxygens (including phenoxy) is 3. The summed E-state index contributed by atoms with van der Waals surface area (Å²) in [5, 5.41) is -0.0580. The summed E-state index contributed by atoms with van der Waals surface area (Å²) in [7, 11) is 3.28. The van der Waals surface area contributed by atoms with E-state index >= 15 is 0 Å². The van der Waals surface area contributed by atoms with Crippen molar-refractivity contribution in [2.45, 2.75) is 31.7 Å². The van der Waals surface area contributed by atoms with E-state index in [0.29, 0.717) is 5.92 Å². The molecular formula is C15H21ClO3. The normalized spacial score (nSPS) is 24.3. The van der Waals surface area contributed by atoms with Crippen LogP contribution in [-0.2, 0) is 4.74 Å². The Bertz CT molecular complexity index is 447. The van der Waals surface area contributed by atoms with Gasteiger partial charge in [-0.15, -0.1) is 11.6 Å². The second-order valence-corrected chi connectivity index (χ2v) is 5.46. The Hall–Kier alpha value is -0.930. The summed E-state index contributed by atoms with van der Waals surface area (Å²) in [6.07, 6.45) is 1.21. The number of hydrogen-bond acceptors (Lipinski definition) is 3. The third-order valence-corrected chi connectivity index (χ3v) is 4.44. The lowest BCUT2D eigenvalue weighted by molar-refractivity contribution is 0.105. The molecule has 3 unspecified atom stereocenters. The van der Waals surface area contributed by atoms with Crippen LogP contribution in [0.2, 0.25) is 0 Å². The lowest BCUT2D eigenvalue weighted by Gasteiger charge is -2.23. The standard InChI is InChI=1S/C15H21ClO3/c1-9-7-13(17-3)14(18-4)8-12(9)15(16)11-5-6-19-10(11)2/h7-8,10-11,15H,5-6H2,1-4H3. The monoisotopic (exact) mass is 284 g/mol. The van der Waals surface area contributed by atoms with E-state index in [2.05, 4.69) is 6.92 Å². The largest absolute Gasteiger partial charge is 0.493 e. The molecule has 1 aliphatic rings. The highest BCUT2D eigenvalue weighted by Crippen LogP contribution is 2.42. The molecule has 0 amide bonds. The van der Waals surface area contributed by atoms with Gasteiger partial charge in [0.05, 0.1) is 25.7 Å². The molecular weight excluding hydrogens is 264 g/mol. The fraction of sp³-hybridized carbons (Fsp3) is 0.600. The molecule has 4 heteroatoms. The van der Waals surface area contributed by atoms with Gasteiger partial charge in [0.2, 0.25) is 0 Å². The van der Waals surface area contributed by atoms with Crippen molar-refractivity contribution in [2.24, 2.45) is 5.92 Å². The first-order chi connectivity index (χ1) is 9.08. The maximum absolute atomic E-state index is 6.66.